The van der Waals surface area contributed by atoms with Gasteiger partial charge in [0.1, 0.15) is 18.0 Å². The lowest BCUT2D eigenvalue weighted by atomic mass is 9.98. The number of halogens is 1. The minimum atomic E-state index is -0.248. The van der Waals surface area contributed by atoms with Gasteiger partial charge < -0.3 is 9.80 Å². The Morgan fingerprint density at radius 3 is 2.57 bits per heavy atom. The van der Waals surface area contributed by atoms with E-state index in [2.05, 4.69) is 21.4 Å². The topological polar surface area (TPSA) is 49.3 Å². The first kappa shape index (κ1) is 18.1. The summed E-state index contributed by atoms with van der Waals surface area (Å²) in [4.78, 5) is 24.7. The molecule has 0 unspecified atom stereocenters. The molecule has 0 saturated carbocycles. The molecule has 2 aromatic carbocycles. The summed E-state index contributed by atoms with van der Waals surface area (Å²) in [6, 6.07) is 10.7. The van der Waals surface area contributed by atoms with Gasteiger partial charge in [0.05, 0.1) is 5.52 Å². The summed E-state index contributed by atoms with van der Waals surface area (Å²) in [7, 11) is 0. The molecule has 142 valence electrons. The Balaban J connectivity index is 1.70. The van der Waals surface area contributed by atoms with Crippen molar-refractivity contribution in [2.75, 3.05) is 31.1 Å². The predicted octanol–water partition coefficient (Wildman–Crippen LogP) is 3.58. The average molecular weight is 376 g/mol. The molecule has 1 aliphatic rings. The number of carbonyl (C=O) groups is 1. The van der Waals surface area contributed by atoms with Gasteiger partial charge in [0.25, 0.3) is 0 Å². The van der Waals surface area contributed by atoms with Gasteiger partial charge in [0.2, 0.25) is 5.91 Å². The smallest absolute Gasteiger partial charge is 0.246 e. The Labute approximate surface area is 163 Å². The summed E-state index contributed by atoms with van der Waals surface area (Å²) in [6.45, 7) is 8.17. The van der Waals surface area contributed by atoms with Crippen molar-refractivity contribution in [1.29, 1.82) is 0 Å². The zero-order valence-electron chi connectivity index (χ0n) is 15.7. The number of nitrogens with zero attached hydrogens (tertiary/aromatic N) is 4. The number of carbonyl (C=O) groups excluding carboxylic acids is 1. The van der Waals surface area contributed by atoms with Gasteiger partial charge in [0, 0.05) is 37.1 Å². The van der Waals surface area contributed by atoms with Crippen molar-refractivity contribution in [2.45, 2.75) is 6.92 Å². The second-order valence-corrected chi connectivity index (χ2v) is 6.88. The van der Waals surface area contributed by atoms with E-state index < -0.39 is 0 Å². The van der Waals surface area contributed by atoms with E-state index in [1.54, 1.807) is 23.4 Å². The number of aromatic nitrogens is 2. The standard InChI is InChI=1S/C22H21FN4O/c1-3-21(28)26-8-10-27(11-9-26)22-18-12-15(2)17(13-20(18)24-14-25-22)16-6-4-5-7-19(16)23/h3-7,12-14H,1,8-11H2,2H3. The maximum Gasteiger partial charge on any atom is 0.246 e. The van der Waals surface area contributed by atoms with Gasteiger partial charge in [-0.1, -0.05) is 24.8 Å². The molecule has 0 atom stereocenters. The van der Waals surface area contributed by atoms with Crippen LogP contribution >= 0.6 is 0 Å². The number of hydrogen-bond donors (Lipinski definition) is 0. The molecule has 0 aliphatic carbocycles. The molecule has 4 rings (SSSR count). The summed E-state index contributed by atoms with van der Waals surface area (Å²) < 4.78 is 14.3. The fraction of sp³-hybridized carbons (Fsp3) is 0.227. The summed E-state index contributed by atoms with van der Waals surface area (Å²) in [5, 5.41) is 0.934. The van der Waals surface area contributed by atoms with E-state index in [1.165, 1.54) is 12.1 Å². The molecule has 28 heavy (non-hydrogen) atoms. The largest absolute Gasteiger partial charge is 0.352 e. The molecular weight excluding hydrogens is 355 g/mol. The molecule has 0 radical (unpaired) electrons. The number of aryl methyl sites for hydroxylation is 1. The predicted molar refractivity (Wildman–Crippen MR) is 109 cm³/mol. The van der Waals surface area contributed by atoms with Crippen LogP contribution in [0.25, 0.3) is 22.0 Å². The second-order valence-electron chi connectivity index (χ2n) is 6.88. The molecule has 1 aliphatic heterocycles. The Hall–Kier alpha value is -3.28. The molecule has 3 aromatic rings. The van der Waals surface area contributed by atoms with Gasteiger partial charge in [-0.3, -0.25) is 4.79 Å². The van der Waals surface area contributed by atoms with Crippen LogP contribution in [0.2, 0.25) is 0 Å². The number of benzene rings is 2. The first-order valence-corrected chi connectivity index (χ1v) is 9.25. The maximum absolute atomic E-state index is 14.3. The van der Waals surface area contributed by atoms with Crippen molar-refractivity contribution in [3.05, 3.63) is 66.8 Å². The first-order valence-electron chi connectivity index (χ1n) is 9.25. The Bertz CT molecular complexity index is 1060. The van der Waals surface area contributed by atoms with Crippen LogP contribution in [0.15, 0.2) is 55.4 Å². The number of fused-ring (bicyclic) bond motifs is 1. The van der Waals surface area contributed by atoms with Crippen LogP contribution in [0.5, 0.6) is 0 Å². The lowest BCUT2D eigenvalue weighted by molar-refractivity contribution is -0.126. The van der Waals surface area contributed by atoms with E-state index in [4.69, 9.17) is 0 Å². The summed E-state index contributed by atoms with van der Waals surface area (Å²) >= 11 is 0. The van der Waals surface area contributed by atoms with Crippen molar-refractivity contribution in [3.63, 3.8) is 0 Å². The summed E-state index contributed by atoms with van der Waals surface area (Å²) in [5.74, 6) is 0.554. The van der Waals surface area contributed by atoms with E-state index in [-0.39, 0.29) is 11.7 Å². The number of anilines is 1. The van der Waals surface area contributed by atoms with E-state index in [9.17, 15) is 9.18 Å². The Kier molecular flexibility index (Phi) is 4.77. The highest BCUT2D eigenvalue weighted by atomic mass is 19.1. The van der Waals surface area contributed by atoms with Gasteiger partial charge in [-0.05, 0) is 42.3 Å². The molecular formula is C22H21FN4O. The van der Waals surface area contributed by atoms with Crippen molar-refractivity contribution in [2.24, 2.45) is 0 Å². The highest BCUT2D eigenvalue weighted by molar-refractivity contribution is 5.94. The zero-order chi connectivity index (χ0) is 19.7. The Morgan fingerprint density at radius 2 is 1.86 bits per heavy atom. The number of rotatable bonds is 3. The molecule has 0 bridgehead atoms. The van der Waals surface area contributed by atoms with Crippen LogP contribution in [-0.2, 0) is 4.79 Å². The van der Waals surface area contributed by atoms with Crippen molar-refractivity contribution >= 4 is 22.6 Å². The van der Waals surface area contributed by atoms with E-state index >= 15 is 0 Å². The Morgan fingerprint density at radius 1 is 1.11 bits per heavy atom. The summed E-state index contributed by atoms with van der Waals surface area (Å²) in [6.07, 6.45) is 2.89. The second kappa shape index (κ2) is 7.38. The molecule has 0 spiro atoms. The third-order valence-electron chi connectivity index (χ3n) is 5.19. The quantitative estimate of drug-likeness (QED) is 0.656. The van der Waals surface area contributed by atoms with Crippen LogP contribution in [0.3, 0.4) is 0 Å². The van der Waals surface area contributed by atoms with Crippen LogP contribution in [-0.4, -0.2) is 47.0 Å². The maximum atomic E-state index is 14.3. The molecule has 5 nitrogen and oxygen atoms in total. The van der Waals surface area contributed by atoms with Crippen LogP contribution < -0.4 is 4.90 Å². The molecule has 2 heterocycles. The number of amides is 1. The van der Waals surface area contributed by atoms with Crippen molar-refractivity contribution < 1.29 is 9.18 Å². The van der Waals surface area contributed by atoms with Gasteiger partial charge in [0.15, 0.2) is 0 Å². The molecule has 1 aromatic heterocycles. The molecule has 1 saturated heterocycles. The number of hydrogen-bond acceptors (Lipinski definition) is 4. The number of piperazine rings is 1. The highest BCUT2D eigenvalue weighted by Gasteiger charge is 2.22. The third kappa shape index (κ3) is 3.22. The fourth-order valence-electron chi connectivity index (χ4n) is 3.69. The zero-order valence-corrected chi connectivity index (χ0v) is 15.7. The minimum absolute atomic E-state index is 0.0439. The highest BCUT2D eigenvalue weighted by Crippen LogP contribution is 2.32. The van der Waals surface area contributed by atoms with Crippen LogP contribution in [0.4, 0.5) is 10.2 Å². The summed E-state index contributed by atoms with van der Waals surface area (Å²) in [5.41, 5.74) is 3.14. The SMILES string of the molecule is C=CC(=O)N1CCN(c2ncnc3cc(-c4ccccc4F)c(C)cc23)CC1. The molecule has 1 fully saturated rings. The lowest BCUT2D eigenvalue weighted by Gasteiger charge is -2.35. The van der Waals surface area contributed by atoms with E-state index in [0.717, 1.165) is 27.8 Å². The van der Waals surface area contributed by atoms with Gasteiger partial charge in [-0.15, -0.1) is 0 Å². The molecule has 0 N–H and O–H groups in total. The van der Waals surface area contributed by atoms with Gasteiger partial charge in [-0.25, -0.2) is 14.4 Å². The van der Waals surface area contributed by atoms with Gasteiger partial charge >= 0.3 is 0 Å². The lowest BCUT2D eigenvalue weighted by Crippen LogP contribution is -2.48. The van der Waals surface area contributed by atoms with Gasteiger partial charge in [-0.2, -0.15) is 0 Å². The average Bonchev–Trinajstić information content (AvgIpc) is 2.73. The van der Waals surface area contributed by atoms with Crippen LogP contribution in [0.1, 0.15) is 5.56 Å². The minimum Gasteiger partial charge on any atom is -0.352 e. The normalized spacial score (nSPS) is 14.4. The fourth-order valence-corrected chi connectivity index (χ4v) is 3.69. The van der Waals surface area contributed by atoms with E-state index in [1.807, 2.05) is 25.1 Å². The molecule has 1 amide bonds. The first-order chi connectivity index (χ1) is 13.6. The van der Waals surface area contributed by atoms with Crippen molar-refractivity contribution in [3.8, 4) is 11.1 Å². The third-order valence-corrected chi connectivity index (χ3v) is 5.19. The van der Waals surface area contributed by atoms with Crippen LogP contribution in [0, 0.1) is 12.7 Å². The van der Waals surface area contributed by atoms with E-state index in [0.29, 0.717) is 31.7 Å². The molecule has 6 heteroatoms. The van der Waals surface area contributed by atoms with Crippen molar-refractivity contribution in [1.82, 2.24) is 14.9 Å². The monoisotopic (exact) mass is 376 g/mol.